The monoisotopic (exact) mass is 504 g/mol. The van der Waals surface area contributed by atoms with E-state index >= 15 is 0 Å². The normalized spacial score (nSPS) is 16.8. The van der Waals surface area contributed by atoms with Gasteiger partial charge in [0.15, 0.2) is 5.78 Å². The minimum Gasteiger partial charge on any atom is -0.338 e. The summed E-state index contributed by atoms with van der Waals surface area (Å²) in [4.78, 5) is 35.9. The van der Waals surface area contributed by atoms with Crippen molar-refractivity contribution in [3.63, 3.8) is 0 Å². The molecule has 0 atom stereocenters. The number of hydrogen-bond donors (Lipinski definition) is 0. The van der Waals surface area contributed by atoms with Crippen LogP contribution in [-0.4, -0.2) is 44.2 Å². The Balaban J connectivity index is 1.51. The van der Waals surface area contributed by atoms with Crippen molar-refractivity contribution in [1.82, 2.24) is 19.4 Å². The molecule has 2 aliphatic rings. The third-order valence-corrected chi connectivity index (χ3v) is 8.09. The summed E-state index contributed by atoms with van der Waals surface area (Å²) in [5.41, 5.74) is 6.36. The average Bonchev–Trinajstić information content (AvgIpc) is 3.12. The molecule has 36 heavy (non-hydrogen) atoms. The summed E-state index contributed by atoms with van der Waals surface area (Å²) in [6, 6.07) is 3.97. The summed E-state index contributed by atoms with van der Waals surface area (Å²) in [6.07, 6.45) is 11.4. The van der Waals surface area contributed by atoms with E-state index in [0.717, 1.165) is 51.8 Å². The number of halogens is 1. The molecule has 0 bridgehead atoms. The molecule has 3 heterocycles. The van der Waals surface area contributed by atoms with Gasteiger partial charge in [0.25, 0.3) is 0 Å². The van der Waals surface area contributed by atoms with Crippen molar-refractivity contribution < 1.29 is 9.59 Å². The van der Waals surface area contributed by atoms with Crippen LogP contribution < -0.4 is 0 Å². The van der Waals surface area contributed by atoms with Gasteiger partial charge in [-0.1, -0.05) is 37.4 Å². The minimum absolute atomic E-state index is 0.0676. The molecule has 0 radical (unpaired) electrons. The van der Waals surface area contributed by atoms with Crippen LogP contribution in [0.5, 0.6) is 0 Å². The highest BCUT2D eigenvalue weighted by Gasteiger charge is 2.31. The number of Topliss-reactive ketones (excluding diaryl/α,β-unsaturated/α-hetero) is 1. The van der Waals surface area contributed by atoms with Crippen LogP contribution in [0.3, 0.4) is 0 Å². The van der Waals surface area contributed by atoms with Crippen LogP contribution in [0.2, 0.25) is 5.02 Å². The lowest BCUT2D eigenvalue weighted by molar-refractivity contribution is -0.134. The number of hydrogen-bond acceptors (Lipinski definition) is 4. The Labute approximate surface area is 217 Å². The summed E-state index contributed by atoms with van der Waals surface area (Å²) in [6.45, 7) is 9.21. The summed E-state index contributed by atoms with van der Waals surface area (Å²) >= 11 is 6.54. The van der Waals surface area contributed by atoms with E-state index in [4.69, 9.17) is 16.6 Å². The molecule has 0 spiro atoms. The zero-order chi connectivity index (χ0) is 25.4. The van der Waals surface area contributed by atoms with Crippen LogP contribution in [0.15, 0.2) is 37.3 Å². The standard InChI is InChI=1S/C29H33ClN4O2/c1-4-26(36)33-14-20(15-33)11-23(35)16-34-19(3)27(24-12-22(30)10-18(2)29(24)34)25-13-31-17-32-28(25)21-8-6-5-7-9-21/h4,10,12-13,17,20-21H,1,5-9,11,14-16H2,2-3H3. The Morgan fingerprint density at radius 2 is 1.92 bits per heavy atom. The van der Waals surface area contributed by atoms with Crippen LogP contribution in [0.1, 0.15) is 61.4 Å². The number of carbonyl (C=O) groups excluding carboxylic acids is 2. The largest absolute Gasteiger partial charge is 0.338 e. The quantitative estimate of drug-likeness (QED) is 0.369. The maximum absolute atomic E-state index is 13.2. The van der Waals surface area contributed by atoms with Gasteiger partial charge in [-0.2, -0.15) is 0 Å². The van der Waals surface area contributed by atoms with Crippen LogP contribution in [0, 0.1) is 19.8 Å². The molecular formula is C29H33ClN4O2. The SMILES string of the molecule is C=CC(=O)N1CC(CC(=O)Cn2c(C)c(-c3cncnc3C3CCCCC3)c3cc(Cl)cc(C)c32)C1. The van der Waals surface area contributed by atoms with Crippen LogP contribution in [0.4, 0.5) is 0 Å². The summed E-state index contributed by atoms with van der Waals surface area (Å²) in [7, 11) is 0. The lowest BCUT2D eigenvalue weighted by Gasteiger charge is -2.38. The van der Waals surface area contributed by atoms with E-state index in [2.05, 4.69) is 23.1 Å². The van der Waals surface area contributed by atoms with Gasteiger partial charge in [0.1, 0.15) is 6.33 Å². The molecule has 2 aromatic heterocycles. The highest BCUT2D eigenvalue weighted by atomic mass is 35.5. The predicted octanol–water partition coefficient (Wildman–Crippen LogP) is 6.02. The van der Waals surface area contributed by atoms with E-state index < -0.39 is 0 Å². The summed E-state index contributed by atoms with van der Waals surface area (Å²) < 4.78 is 2.14. The Morgan fingerprint density at radius 3 is 2.64 bits per heavy atom. The highest BCUT2D eigenvalue weighted by Crippen LogP contribution is 2.42. The third kappa shape index (κ3) is 4.59. The molecule has 1 saturated carbocycles. The molecule has 1 amide bonds. The summed E-state index contributed by atoms with van der Waals surface area (Å²) in [5, 5.41) is 1.73. The second-order valence-corrected chi connectivity index (χ2v) is 10.8. The smallest absolute Gasteiger partial charge is 0.245 e. The molecule has 1 aliphatic carbocycles. The molecule has 188 valence electrons. The molecule has 0 unspecified atom stereocenters. The van der Waals surface area contributed by atoms with Gasteiger partial charge in [-0.15, -0.1) is 0 Å². The maximum atomic E-state index is 13.2. The van der Waals surface area contributed by atoms with E-state index in [1.807, 2.05) is 25.3 Å². The van der Waals surface area contributed by atoms with Crippen molar-refractivity contribution >= 4 is 34.2 Å². The maximum Gasteiger partial charge on any atom is 0.245 e. The fraction of sp³-hybridized carbons (Fsp3) is 0.448. The molecule has 6 nitrogen and oxygen atoms in total. The van der Waals surface area contributed by atoms with Gasteiger partial charge in [-0.25, -0.2) is 9.97 Å². The Hall–Kier alpha value is -2.99. The first-order valence-electron chi connectivity index (χ1n) is 12.9. The number of likely N-dealkylation sites (tertiary alicyclic amines) is 1. The van der Waals surface area contributed by atoms with Crippen molar-refractivity contribution in [2.24, 2.45) is 5.92 Å². The molecule has 1 aliphatic heterocycles. The minimum atomic E-state index is -0.0676. The Bertz CT molecular complexity index is 1330. The van der Waals surface area contributed by atoms with Gasteiger partial charge in [0.05, 0.1) is 17.8 Å². The van der Waals surface area contributed by atoms with Crippen molar-refractivity contribution in [2.75, 3.05) is 13.1 Å². The molecule has 7 heteroatoms. The summed E-state index contributed by atoms with van der Waals surface area (Å²) in [5.74, 6) is 0.737. The van der Waals surface area contributed by atoms with Gasteiger partial charge in [0.2, 0.25) is 5.91 Å². The number of aromatic nitrogens is 3. The number of ketones is 1. The molecule has 3 aromatic rings. The molecule has 5 rings (SSSR count). The van der Waals surface area contributed by atoms with E-state index in [-0.39, 0.29) is 17.6 Å². The fourth-order valence-electron chi connectivity index (χ4n) is 6.12. The highest BCUT2D eigenvalue weighted by molar-refractivity contribution is 6.31. The molecule has 1 aromatic carbocycles. The number of amides is 1. The van der Waals surface area contributed by atoms with E-state index in [1.54, 1.807) is 11.2 Å². The van der Waals surface area contributed by atoms with E-state index in [1.165, 1.54) is 25.3 Å². The van der Waals surface area contributed by atoms with Gasteiger partial charge in [0, 0.05) is 64.8 Å². The first-order chi connectivity index (χ1) is 17.4. The number of nitrogens with zero attached hydrogens (tertiary/aromatic N) is 4. The van der Waals surface area contributed by atoms with E-state index in [9.17, 15) is 9.59 Å². The van der Waals surface area contributed by atoms with Gasteiger partial charge in [-0.05, 0) is 50.5 Å². The third-order valence-electron chi connectivity index (χ3n) is 7.87. The molecule has 2 fully saturated rings. The van der Waals surface area contributed by atoms with E-state index in [0.29, 0.717) is 37.0 Å². The second kappa shape index (κ2) is 10.2. The number of carbonyl (C=O) groups is 2. The van der Waals surface area contributed by atoms with Crippen molar-refractivity contribution in [2.45, 2.75) is 64.8 Å². The predicted molar refractivity (Wildman–Crippen MR) is 143 cm³/mol. The van der Waals surface area contributed by atoms with Crippen molar-refractivity contribution in [3.05, 3.63) is 59.3 Å². The van der Waals surface area contributed by atoms with Crippen LogP contribution in [-0.2, 0) is 16.1 Å². The molecule has 1 saturated heterocycles. The molecule has 0 N–H and O–H groups in total. The topological polar surface area (TPSA) is 68.1 Å². The molecular weight excluding hydrogens is 472 g/mol. The first-order valence-corrected chi connectivity index (χ1v) is 13.3. The number of rotatable bonds is 7. The number of fused-ring (bicyclic) bond motifs is 1. The van der Waals surface area contributed by atoms with Gasteiger partial charge in [-0.3, -0.25) is 9.59 Å². The second-order valence-electron chi connectivity index (χ2n) is 10.4. The lowest BCUT2D eigenvalue weighted by atomic mass is 9.84. The zero-order valence-electron chi connectivity index (χ0n) is 21.1. The average molecular weight is 505 g/mol. The van der Waals surface area contributed by atoms with Gasteiger partial charge >= 0.3 is 0 Å². The zero-order valence-corrected chi connectivity index (χ0v) is 21.9. The van der Waals surface area contributed by atoms with Crippen molar-refractivity contribution in [3.8, 4) is 11.1 Å². The fourth-order valence-corrected chi connectivity index (χ4v) is 6.40. The Morgan fingerprint density at radius 1 is 1.17 bits per heavy atom. The number of benzene rings is 1. The van der Waals surface area contributed by atoms with Crippen LogP contribution in [0.25, 0.3) is 22.0 Å². The first kappa shape index (κ1) is 24.7. The lowest BCUT2D eigenvalue weighted by Crippen LogP contribution is -2.50. The Kier molecular flexibility index (Phi) is 6.98. The van der Waals surface area contributed by atoms with Crippen molar-refractivity contribution in [1.29, 1.82) is 0 Å². The van der Waals surface area contributed by atoms with Gasteiger partial charge < -0.3 is 9.47 Å². The number of aryl methyl sites for hydroxylation is 1. The van der Waals surface area contributed by atoms with Crippen LogP contribution >= 0.6 is 11.6 Å².